The normalized spacial score (nSPS) is 14.3. The van der Waals surface area contributed by atoms with Crippen molar-refractivity contribution in [2.75, 3.05) is 9.34 Å². The first-order valence-electron chi connectivity index (χ1n) is 14.6. The third-order valence-corrected chi connectivity index (χ3v) is 13.1. The number of hydrogen-bond acceptors (Lipinski definition) is 3. The van der Waals surface area contributed by atoms with E-state index in [1.165, 1.54) is 50.2 Å². The number of rotatable bonds is 8. The standard InChI is InChI=1S/C34H47N3P2/c1-12-29-30(13-2)32(15-4)38(31(29)14-3)28(11)35-39-36(33-24(7)18-22(5)19-25(33)8)16-17-37(39)34-26(9)20-23(6)21-27(34)10/h16-21H,12-15H2,1-11H3/b35-28+. The molecule has 1 aliphatic rings. The maximum atomic E-state index is 5.75. The van der Waals surface area contributed by atoms with Crippen molar-refractivity contribution in [2.24, 2.45) is 4.76 Å². The summed E-state index contributed by atoms with van der Waals surface area (Å²) in [4.78, 5) is 0. The quantitative estimate of drug-likeness (QED) is 0.202. The minimum atomic E-state index is -1.03. The molecule has 0 N–H and O–H groups in total. The Morgan fingerprint density at radius 3 is 1.28 bits per heavy atom. The van der Waals surface area contributed by atoms with Crippen LogP contribution in [0.4, 0.5) is 11.4 Å². The molecule has 3 aromatic rings. The van der Waals surface area contributed by atoms with Gasteiger partial charge < -0.3 is 0 Å². The molecule has 0 bridgehead atoms. The largest absolute Gasteiger partial charge is 0.289 e. The minimum absolute atomic E-state index is 0.512. The second-order valence-corrected chi connectivity index (χ2v) is 15.0. The summed E-state index contributed by atoms with van der Waals surface area (Å²) in [5, 5.41) is 3.32. The summed E-state index contributed by atoms with van der Waals surface area (Å²) < 4.78 is 10.7. The van der Waals surface area contributed by atoms with Gasteiger partial charge in [-0.1, -0.05) is 70.6 Å². The Hall–Kier alpha value is -2.34. The fourth-order valence-corrected chi connectivity index (χ4v) is 12.2. The van der Waals surface area contributed by atoms with Crippen LogP contribution in [-0.2, 0) is 25.7 Å². The van der Waals surface area contributed by atoms with Crippen LogP contribution in [0.1, 0.15) is 89.7 Å². The Balaban J connectivity index is 1.96. The molecule has 39 heavy (non-hydrogen) atoms. The topological polar surface area (TPSA) is 18.8 Å². The summed E-state index contributed by atoms with van der Waals surface area (Å²) in [5.41, 5.74) is 15.0. The Kier molecular flexibility index (Phi) is 9.15. The lowest BCUT2D eigenvalue weighted by Crippen LogP contribution is -2.17. The summed E-state index contributed by atoms with van der Waals surface area (Å²) in [7, 11) is -1.55. The Bertz CT molecular complexity index is 1300. The molecule has 0 radical (unpaired) electrons. The fourth-order valence-electron chi connectivity index (χ4n) is 6.77. The van der Waals surface area contributed by atoms with E-state index < -0.39 is 15.9 Å². The van der Waals surface area contributed by atoms with Gasteiger partial charge in [-0.05, 0) is 118 Å². The second-order valence-electron chi connectivity index (χ2n) is 11.0. The van der Waals surface area contributed by atoms with Crippen LogP contribution < -0.4 is 9.34 Å². The van der Waals surface area contributed by atoms with Crippen LogP contribution in [0.3, 0.4) is 0 Å². The van der Waals surface area contributed by atoms with Crippen LogP contribution in [-0.4, -0.2) is 5.45 Å². The molecule has 0 atom stereocenters. The third kappa shape index (κ3) is 5.38. The highest BCUT2D eigenvalue weighted by molar-refractivity contribution is 7.71. The van der Waals surface area contributed by atoms with Crippen LogP contribution in [0.2, 0.25) is 0 Å². The molecule has 0 aliphatic carbocycles. The maximum Gasteiger partial charge on any atom is 0.237 e. The average Bonchev–Trinajstić information content (AvgIpc) is 3.40. The average molecular weight is 560 g/mol. The van der Waals surface area contributed by atoms with Crippen molar-refractivity contribution in [3.05, 3.63) is 91.8 Å². The highest BCUT2D eigenvalue weighted by Crippen LogP contribution is 2.59. The SMILES string of the molecule is CCc1c(CC)c(CC)p(/C(C)=N/P2N(c3c(C)cc(C)cc3C)C=CN2c2c(C)cc(C)cc2C)c1CC. The molecule has 5 heteroatoms. The van der Waals surface area contributed by atoms with Gasteiger partial charge in [-0.2, -0.15) is 0 Å². The highest BCUT2D eigenvalue weighted by Gasteiger charge is 2.34. The molecule has 208 valence electrons. The van der Waals surface area contributed by atoms with E-state index in [4.69, 9.17) is 4.76 Å². The van der Waals surface area contributed by atoms with Crippen molar-refractivity contribution >= 4 is 32.7 Å². The molecule has 1 aliphatic heterocycles. The molecule has 2 aromatic carbocycles. The smallest absolute Gasteiger partial charge is 0.237 e. The van der Waals surface area contributed by atoms with E-state index in [0.29, 0.717) is 0 Å². The molecule has 3 nitrogen and oxygen atoms in total. The van der Waals surface area contributed by atoms with Crippen LogP contribution in [0, 0.1) is 41.5 Å². The number of nitrogens with zero attached hydrogens (tertiary/aromatic N) is 3. The van der Waals surface area contributed by atoms with E-state index in [2.05, 4.69) is 122 Å². The van der Waals surface area contributed by atoms with Crippen LogP contribution in [0.15, 0.2) is 41.4 Å². The molecule has 0 fully saturated rings. The minimum Gasteiger partial charge on any atom is -0.289 e. The molecule has 2 heterocycles. The monoisotopic (exact) mass is 559 g/mol. The van der Waals surface area contributed by atoms with Gasteiger partial charge in [0.25, 0.3) is 0 Å². The van der Waals surface area contributed by atoms with E-state index in [9.17, 15) is 0 Å². The molecular weight excluding hydrogens is 512 g/mol. The van der Waals surface area contributed by atoms with Gasteiger partial charge >= 0.3 is 0 Å². The number of benzene rings is 2. The van der Waals surface area contributed by atoms with E-state index in [-0.39, 0.29) is 0 Å². The number of hydrogen-bond donors (Lipinski definition) is 0. The predicted octanol–water partition coefficient (Wildman–Crippen LogP) is 10.8. The Morgan fingerprint density at radius 2 is 0.974 bits per heavy atom. The molecule has 0 saturated heterocycles. The molecule has 0 saturated carbocycles. The zero-order chi connectivity index (χ0) is 28.6. The van der Waals surface area contributed by atoms with Crippen LogP contribution in [0.5, 0.6) is 0 Å². The molecular formula is C34H47N3P2. The van der Waals surface area contributed by atoms with Gasteiger partial charge in [0.1, 0.15) is 0 Å². The first kappa shape index (κ1) is 29.6. The van der Waals surface area contributed by atoms with Gasteiger partial charge in [-0.3, -0.25) is 9.34 Å². The van der Waals surface area contributed by atoms with E-state index in [1.54, 1.807) is 21.7 Å². The Labute approximate surface area is 240 Å². The van der Waals surface area contributed by atoms with Crippen molar-refractivity contribution in [1.82, 2.24) is 0 Å². The van der Waals surface area contributed by atoms with Crippen molar-refractivity contribution in [3.63, 3.8) is 0 Å². The van der Waals surface area contributed by atoms with Crippen LogP contribution in [0.25, 0.3) is 0 Å². The lowest BCUT2D eigenvalue weighted by molar-refractivity contribution is 0.992. The molecule has 0 unspecified atom stereocenters. The third-order valence-electron chi connectivity index (χ3n) is 8.00. The van der Waals surface area contributed by atoms with Gasteiger partial charge in [0.2, 0.25) is 8.37 Å². The van der Waals surface area contributed by atoms with E-state index in [1.807, 2.05) is 0 Å². The lowest BCUT2D eigenvalue weighted by atomic mass is 10.0. The molecule has 0 amide bonds. The molecule has 1 aromatic heterocycles. The summed E-state index contributed by atoms with van der Waals surface area (Å²) in [5.74, 6) is 0. The van der Waals surface area contributed by atoms with Crippen molar-refractivity contribution in [1.29, 1.82) is 0 Å². The van der Waals surface area contributed by atoms with Crippen molar-refractivity contribution in [3.8, 4) is 0 Å². The van der Waals surface area contributed by atoms with Gasteiger partial charge in [-0.15, -0.1) is 0 Å². The molecule has 4 rings (SSSR count). The second kappa shape index (κ2) is 12.0. The fraction of sp³-hybridized carbons (Fsp3) is 0.441. The Morgan fingerprint density at radius 1 is 0.615 bits per heavy atom. The van der Waals surface area contributed by atoms with Crippen LogP contribution >= 0.6 is 15.9 Å². The van der Waals surface area contributed by atoms with E-state index >= 15 is 0 Å². The zero-order valence-electron chi connectivity index (χ0n) is 26.0. The maximum absolute atomic E-state index is 5.75. The van der Waals surface area contributed by atoms with Gasteiger partial charge in [-0.25, -0.2) is 4.76 Å². The van der Waals surface area contributed by atoms with E-state index in [0.717, 1.165) is 25.7 Å². The van der Waals surface area contributed by atoms with Crippen molar-refractivity contribution in [2.45, 2.75) is 102 Å². The summed E-state index contributed by atoms with van der Waals surface area (Å²) in [6.45, 7) is 25.0. The lowest BCUT2D eigenvalue weighted by Gasteiger charge is -2.32. The van der Waals surface area contributed by atoms with Gasteiger partial charge in [0.05, 0.1) is 16.8 Å². The first-order valence-corrected chi connectivity index (χ1v) is 17.1. The first-order chi connectivity index (χ1) is 18.6. The highest BCUT2D eigenvalue weighted by atomic mass is 31.2. The zero-order valence-corrected chi connectivity index (χ0v) is 27.8. The number of aryl methyl sites for hydroxylation is 6. The summed E-state index contributed by atoms with van der Waals surface area (Å²) in [6.07, 6.45) is 9.03. The van der Waals surface area contributed by atoms with Gasteiger partial charge in [0.15, 0.2) is 0 Å². The molecule has 0 spiro atoms. The van der Waals surface area contributed by atoms with Crippen molar-refractivity contribution < 1.29 is 0 Å². The number of anilines is 2. The van der Waals surface area contributed by atoms with Gasteiger partial charge in [0, 0.05) is 12.4 Å². The predicted molar refractivity (Wildman–Crippen MR) is 177 cm³/mol. The summed E-state index contributed by atoms with van der Waals surface area (Å²) in [6, 6.07) is 9.24. The summed E-state index contributed by atoms with van der Waals surface area (Å²) >= 11 is 0.